The fraction of sp³-hybridized carbons (Fsp3) is 0.200. The summed E-state index contributed by atoms with van der Waals surface area (Å²) in [5, 5.41) is 14.4. The monoisotopic (exact) mass is 250 g/mol. The molecule has 2 N–H and O–H groups in total. The van der Waals surface area contributed by atoms with Crippen LogP contribution in [0.25, 0.3) is 0 Å². The van der Waals surface area contributed by atoms with E-state index in [0.717, 1.165) is 6.39 Å². The van der Waals surface area contributed by atoms with Crippen LogP contribution in [0.2, 0.25) is 0 Å². The van der Waals surface area contributed by atoms with Crippen LogP contribution in [0, 0.1) is 10.1 Å². The zero-order valence-electron chi connectivity index (χ0n) is 9.28. The summed E-state index contributed by atoms with van der Waals surface area (Å²) < 4.78 is 9.80. The van der Waals surface area contributed by atoms with Crippen molar-refractivity contribution < 1.29 is 14.2 Å². The van der Waals surface area contributed by atoms with Crippen LogP contribution in [0.15, 0.2) is 29.1 Å². The molecule has 0 atom stereocenters. The van der Waals surface area contributed by atoms with E-state index in [1.807, 2.05) is 0 Å². The Morgan fingerprint density at radius 3 is 2.94 bits per heavy atom. The molecule has 0 amide bonds. The van der Waals surface area contributed by atoms with Crippen molar-refractivity contribution in [2.24, 2.45) is 5.73 Å². The van der Waals surface area contributed by atoms with Crippen molar-refractivity contribution in [1.82, 2.24) is 10.1 Å². The van der Waals surface area contributed by atoms with E-state index < -0.39 is 4.92 Å². The second-order valence-corrected chi connectivity index (χ2v) is 3.40. The summed E-state index contributed by atoms with van der Waals surface area (Å²) in [6.45, 7) is 0.227. The first-order chi connectivity index (χ1) is 8.70. The molecule has 94 valence electrons. The molecular formula is C10H10N4O4. The lowest BCUT2D eigenvalue weighted by Gasteiger charge is -2.05. The van der Waals surface area contributed by atoms with Gasteiger partial charge in [0.1, 0.15) is 0 Å². The predicted octanol–water partition coefficient (Wildman–Crippen LogP) is 1.02. The molecular weight excluding hydrogens is 240 g/mol. The summed E-state index contributed by atoms with van der Waals surface area (Å²) in [5.41, 5.74) is 5.95. The number of nitro benzene ring substituents is 1. The minimum absolute atomic E-state index is 0.000683. The lowest BCUT2D eigenvalue weighted by Crippen LogP contribution is -2.02. The van der Waals surface area contributed by atoms with Crippen molar-refractivity contribution in [3.8, 4) is 5.75 Å². The fourth-order valence-corrected chi connectivity index (χ4v) is 1.35. The Morgan fingerprint density at radius 2 is 2.33 bits per heavy atom. The van der Waals surface area contributed by atoms with Crippen LogP contribution in [0.3, 0.4) is 0 Å². The van der Waals surface area contributed by atoms with Gasteiger partial charge < -0.3 is 15.0 Å². The van der Waals surface area contributed by atoms with Crippen LogP contribution in [-0.2, 0) is 13.2 Å². The van der Waals surface area contributed by atoms with Crippen molar-refractivity contribution in [2.45, 2.75) is 13.2 Å². The molecule has 0 aliphatic heterocycles. The van der Waals surface area contributed by atoms with Gasteiger partial charge in [0, 0.05) is 12.6 Å². The van der Waals surface area contributed by atoms with Crippen LogP contribution in [-0.4, -0.2) is 15.1 Å². The first-order valence-corrected chi connectivity index (χ1v) is 5.06. The Kier molecular flexibility index (Phi) is 3.49. The van der Waals surface area contributed by atoms with Crippen molar-refractivity contribution in [1.29, 1.82) is 0 Å². The van der Waals surface area contributed by atoms with Crippen molar-refractivity contribution >= 4 is 5.69 Å². The third-order valence-electron chi connectivity index (χ3n) is 2.22. The zero-order chi connectivity index (χ0) is 13.0. The third kappa shape index (κ3) is 2.61. The van der Waals surface area contributed by atoms with Crippen LogP contribution in [0.1, 0.15) is 11.4 Å². The number of aromatic nitrogens is 2. The molecule has 8 nitrogen and oxygen atoms in total. The van der Waals surface area contributed by atoms with E-state index >= 15 is 0 Å². The molecule has 1 aromatic heterocycles. The number of nitrogens with two attached hydrogens (primary N) is 1. The fourth-order valence-electron chi connectivity index (χ4n) is 1.35. The third-order valence-corrected chi connectivity index (χ3v) is 2.22. The van der Waals surface area contributed by atoms with Gasteiger partial charge in [-0.2, -0.15) is 4.98 Å². The van der Waals surface area contributed by atoms with Gasteiger partial charge in [0.2, 0.25) is 12.2 Å². The van der Waals surface area contributed by atoms with Gasteiger partial charge in [-0.25, -0.2) is 0 Å². The number of rotatable bonds is 5. The highest BCUT2D eigenvalue weighted by molar-refractivity contribution is 5.48. The lowest BCUT2D eigenvalue weighted by atomic mass is 10.2. The maximum atomic E-state index is 10.9. The van der Waals surface area contributed by atoms with Gasteiger partial charge in [-0.1, -0.05) is 11.2 Å². The van der Waals surface area contributed by atoms with Gasteiger partial charge in [-0.3, -0.25) is 10.1 Å². The molecule has 0 saturated carbocycles. The highest BCUT2D eigenvalue weighted by atomic mass is 16.6. The molecule has 0 spiro atoms. The molecule has 0 bridgehead atoms. The molecule has 18 heavy (non-hydrogen) atoms. The normalized spacial score (nSPS) is 10.3. The van der Waals surface area contributed by atoms with Crippen molar-refractivity contribution in [2.75, 3.05) is 0 Å². The molecule has 0 radical (unpaired) electrons. The average Bonchev–Trinajstić information content (AvgIpc) is 2.89. The summed E-state index contributed by atoms with van der Waals surface area (Å²) in [4.78, 5) is 14.1. The smallest absolute Gasteiger partial charge is 0.311 e. The average molecular weight is 250 g/mol. The predicted molar refractivity (Wildman–Crippen MR) is 59.6 cm³/mol. The molecule has 1 aromatic carbocycles. The molecule has 0 fully saturated rings. The summed E-state index contributed by atoms with van der Waals surface area (Å²) >= 11 is 0. The molecule has 8 heteroatoms. The highest BCUT2D eigenvalue weighted by Gasteiger charge is 2.16. The van der Waals surface area contributed by atoms with E-state index in [9.17, 15) is 10.1 Å². The van der Waals surface area contributed by atoms with E-state index in [0.29, 0.717) is 11.4 Å². The van der Waals surface area contributed by atoms with E-state index in [1.54, 1.807) is 6.07 Å². The first-order valence-electron chi connectivity index (χ1n) is 5.06. The van der Waals surface area contributed by atoms with Gasteiger partial charge in [0.05, 0.1) is 4.92 Å². The number of benzene rings is 1. The Labute approximate surface area is 102 Å². The molecule has 0 aliphatic carbocycles. The second-order valence-electron chi connectivity index (χ2n) is 3.40. The lowest BCUT2D eigenvalue weighted by molar-refractivity contribution is -0.386. The number of ether oxygens (including phenoxy) is 1. The Bertz CT molecular complexity index is 541. The van der Waals surface area contributed by atoms with Crippen LogP contribution < -0.4 is 10.5 Å². The number of hydrogen-bond donors (Lipinski definition) is 1. The summed E-state index contributed by atoms with van der Waals surface area (Å²) in [5.74, 6) is 0.453. The van der Waals surface area contributed by atoms with E-state index in [-0.39, 0.29) is 24.6 Å². The summed E-state index contributed by atoms with van der Waals surface area (Å²) in [7, 11) is 0. The molecule has 2 aromatic rings. The van der Waals surface area contributed by atoms with Gasteiger partial charge >= 0.3 is 5.69 Å². The molecule has 0 aliphatic rings. The van der Waals surface area contributed by atoms with Crippen LogP contribution >= 0.6 is 0 Å². The first kappa shape index (κ1) is 12.0. The second kappa shape index (κ2) is 5.23. The van der Waals surface area contributed by atoms with Crippen molar-refractivity contribution in [3.05, 3.63) is 46.1 Å². The van der Waals surface area contributed by atoms with Crippen LogP contribution in [0.4, 0.5) is 5.69 Å². The molecule has 0 saturated heterocycles. The van der Waals surface area contributed by atoms with Gasteiger partial charge in [-0.15, -0.1) is 0 Å². The Morgan fingerprint density at radius 1 is 1.50 bits per heavy atom. The van der Waals surface area contributed by atoms with Gasteiger partial charge in [0.25, 0.3) is 0 Å². The Balaban J connectivity index is 2.18. The molecule has 2 rings (SSSR count). The standard InChI is InChI=1S/C10H10N4O4/c11-4-7-1-2-9(8(3-7)14(15)16)17-5-10-12-6-18-13-10/h1-3,6H,4-5,11H2. The zero-order valence-corrected chi connectivity index (χ0v) is 9.28. The van der Waals surface area contributed by atoms with E-state index in [4.69, 9.17) is 10.5 Å². The largest absolute Gasteiger partial charge is 0.478 e. The Hall–Kier alpha value is -2.48. The topological polar surface area (TPSA) is 117 Å². The minimum atomic E-state index is -0.523. The van der Waals surface area contributed by atoms with E-state index in [2.05, 4.69) is 14.7 Å². The van der Waals surface area contributed by atoms with Gasteiger partial charge in [0.15, 0.2) is 12.4 Å². The van der Waals surface area contributed by atoms with Gasteiger partial charge in [-0.05, 0) is 11.6 Å². The summed E-state index contributed by atoms with van der Waals surface area (Å²) in [6, 6.07) is 4.55. The minimum Gasteiger partial charge on any atom is -0.478 e. The quantitative estimate of drug-likeness (QED) is 0.621. The van der Waals surface area contributed by atoms with Crippen molar-refractivity contribution in [3.63, 3.8) is 0 Å². The number of nitrogens with zero attached hydrogens (tertiary/aromatic N) is 3. The maximum Gasteiger partial charge on any atom is 0.311 e. The maximum absolute atomic E-state index is 10.9. The molecule has 0 unspecified atom stereocenters. The molecule has 1 heterocycles. The van der Waals surface area contributed by atoms with Crippen LogP contribution in [0.5, 0.6) is 5.75 Å². The SMILES string of the molecule is NCc1ccc(OCc2ncon2)c([N+](=O)[O-])c1. The van der Waals surface area contributed by atoms with E-state index in [1.165, 1.54) is 12.1 Å². The summed E-state index contributed by atoms with van der Waals surface area (Å²) in [6.07, 6.45) is 1.16. The number of nitro groups is 1. The highest BCUT2D eigenvalue weighted by Crippen LogP contribution is 2.28. The number of hydrogen-bond acceptors (Lipinski definition) is 7.